The first-order valence-electron chi connectivity index (χ1n) is 9.19. The molecule has 6 nitrogen and oxygen atoms in total. The predicted molar refractivity (Wildman–Crippen MR) is 126 cm³/mol. The molecule has 3 rings (SSSR count). The van der Waals surface area contributed by atoms with Crippen LogP contribution in [0, 0.1) is 6.92 Å². The molecule has 0 saturated carbocycles. The minimum absolute atomic E-state index is 0.0494. The van der Waals surface area contributed by atoms with Crippen LogP contribution in [0.25, 0.3) is 0 Å². The number of anilines is 2. The van der Waals surface area contributed by atoms with Crippen LogP contribution in [-0.2, 0) is 14.8 Å². The largest absolute Gasteiger partial charge is 0.497 e. The van der Waals surface area contributed by atoms with E-state index in [1.165, 1.54) is 19.2 Å². The Morgan fingerprint density at radius 2 is 1.71 bits per heavy atom. The summed E-state index contributed by atoms with van der Waals surface area (Å²) in [4.78, 5) is 12.8. The molecule has 3 aromatic carbocycles. The second kappa shape index (κ2) is 9.72. The van der Waals surface area contributed by atoms with Gasteiger partial charge in [-0.2, -0.15) is 0 Å². The Morgan fingerprint density at radius 1 is 1.06 bits per heavy atom. The second-order valence-corrected chi connectivity index (χ2v) is 9.82. The summed E-state index contributed by atoms with van der Waals surface area (Å²) in [6, 6.07) is 17.9. The standard InChI is InChI=1S/C22H20BrClN2O4S/c1-15-3-6-17(7-4-15)26(31(28,29)19-10-8-18(30-2)9-11-19)14-22(27)25-16-5-12-20(23)21(24)13-16/h3-13H,14H2,1-2H3,(H,25,27). The van der Waals surface area contributed by atoms with Crippen LogP contribution in [0.2, 0.25) is 5.02 Å². The third-order valence-corrected chi connectivity index (χ3v) is 7.48. The van der Waals surface area contributed by atoms with Crippen molar-refractivity contribution in [3.8, 4) is 5.75 Å². The number of carbonyl (C=O) groups excluding carboxylic acids is 1. The minimum Gasteiger partial charge on any atom is -0.497 e. The van der Waals surface area contributed by atoms with Gasteiger partial charge >= 0.3 is 0 Å². The molecule has 162 valence electrons. The fourth-order valence-corrected chi connectivity index (χ4v) is 4.65. The van der Waals surface area contributed by atoms with Gasteiger partial charge in [-0.15, -0.1) is 0 Å². The van der Waals surface area contributed by atoms with Crippen LogP contribution >= 0.6 is 27.5 Å². The normalized spacial score (nSPS) is 11.1. The Bertz CT molecular complexity index is 1180. The van der Waals surface area contributed by atoms with Crippen molar-refractivity contribution in [2.24, 2.45) is 0 Å². The molecule has 0 saturated heterocycles. The molecule has 0 fully saturated rings. The number of halogens is 2. The molecule has 31 heavy (non-hydrogen) atoms. The summed E-state index contributed by atoms with van der Waals surface area (Å²) in [5, 5.41) is 3.12. The number of amides is 1. The van der Waals surface area contributed by atoms with Gasteiger partial charge in [0.1, 0.15) is 12.3 Å². The zero-order valence-electron chi connectivity index (χ0n) is 16.8. The Morgan fingerprint density at radius 3 is 2.29 bits per heavy atom. The summed E-state index contributed by atoms with van der Waals surface area (Å²) >= 11 is 9.37. The van der Waals surface area contributed by atoms with Gasteiger partial charge in [0.15, 0.2) is 0 Å². The monoisotopic (exact) mass is 522 g/mol. The maximum atomic E-state index is 13.4. The maximum absolute atomic E-state index is 13.4. The van der Waals surface area contributed by atoms with E-state index in [1.54, 1.807) is 54.6 Å². The Hall–Kier alpha value is -2.55. The number of ether oxygens (including phenoxy) is 1. The van der Waals surface area contributed by atoms with Crippen molar-refractivity contribution < 1.29 is 17.9 Å². The van der Waals surface area contributed by atoms with E-state index >= 15 is 0 Å². The Labute approximate surface area is 195 Å². The van der Waals surface area contributed by atoms with Gasteiger partial charge in [-0.25, -0.2) is 8.42 Å². The molecule has 0 aromatic heterocycles. The predicted octanol–water partition coefficient (Wildman–Crippen LogP) is 5.25. The van der Waals surface area contributed by atoms with Crippen LogP contribution in [0.15, 0.2) is 76.1 Å². The van der Waals surface area contributed by atoms with E-state index in [-0.39, 0.29) is 4.90 Å². The molecular formula is C22H20BrClN2O4S. The van der Waals surface area contributed by atoms with E-state index in [4.69, 9.17) is 16.3 Å². The van der Waals surface area contributed by atoms with Crippen molar-refractivity contribution in [1.82, 2.24) is 0 Å². The highest BCUT2D eigenvalue weighted by Gasteiger charge is 2.27. The van der Waals surface area contributed by atoms with Gasteiger partial charge in [-0.3, -0.25) is 9.10 Å². The number of carbonyl (C=O) groups is 1. The van der Waals surface area contributed by atoms with E-state index in [0.717, 1.165) is 9.87 Å². The molecule has 0 heterocycles. The van der Waals surface area contributed by atoms with Crippen LogP contribution in [-0.4, -0.2) is 28.0 Å². The van der Waals surface area contributed by atoms with E-state index in [2.05, 4.69) is 21.2 Å². The van der Waals surface area contributed by atoms with Crippen molar-refractivity contribution in [2.45, 2.75) is 11.8 Å². The molecule has 0 aliphatic heterocycles. The van der Waals surface area contributed by atoms with Crippen LogP contribution in [0.4, 0.5) is 11.4 Å². The second-order valence-electron chi connectivity index (χ2n) is 6.70. The third kappa shape index (κ3) is 5.58. The lowest BCUT2D eigenvalue weighted by Gasteiger charge is -2.24. The minimum atomic E-state index is -4.01. The summed E-state index contributed by atoms with van der Waals surface area (Å²) in [5.74, 6) is 0.0294. The highest BCUT2D eigenvalue weighted by atomic mass is 79.9. The molecule has 0 bridgehead atoms. The quantitative estimate of drug-likeness (QED) is 0.459. The van der Waals surface area contributed by atoms with Gasteiger partial charge in [0.25, 0.3) is 10.0 Å². The van der Waals surface area contributed by atoms with Crippen LogP contribution in [0.3, 0.4) is 0 Å². The summed E-state index contributed by atoms with van der Waals surface area (Å²) < 4.78 is 33.6. The first-order chi connectivity index (χ1) is 14.7. The molecule has 9 heteroatoms. The highest BCUT2D eigenvalue weighted by molar-refractivity contribution is 9.10. The number of benzene rings is 3. The van der Waals surface area contributed by atoms with E-state index < -0.39 is 22.5 Å². The fraction of sp³-hybridized carbons (Fsp3) is 0.136. The molecule has 0 unspecified atom stereocenters. The van der Waals surface area contributed by atoms with Crippen LogP contribution < -0.4 is 14.4 Å². The molecule has 0 aliphatic carbocycles. The van der Waals surface area contributed by atoms with Gasteiger partial charge < -0.3 is 10.1 Å². The van der Waals surface area contributed by atoms with Gasteiger partial charge in [-0.1, -0.05) is 29.3 Å². The third-order valence-electron chi connectivity index (χ3n) is 4.46. The molecule has 0 radical (unpaired) electrons. The summed E-state index contributed by atoms with van der Waals surface area (Å²) in [5.41, 5.74) is 1.81. The molecule has 0 atom stereocenters. The molecular weight excluding hydrogens is 504 g/mol. The zero-order chi connectivity index (χ0) is 22.6. The molecule has 0 spiro atoms. The molecule has 1 N–H and O–H groups in total. The number of hydrogen-bond acceptors (Lipinski definition) is 4. The van der Waals surface area contributed by atoms with Gasteiger partial charge in [0.2, 0.25) is 5.91 Å². The van der Waals surface area contributed by atoms with Crippen molar-refractivity contribution in [3.05, 3.63) is 81.8 Å². The number of rotatable bonds is 7. The smallest absolute Gasteiger partial charge is 0.264 e. The number of methoxy groups -OCH3 is 1. The number of nitrogens with one attached hydrogen (secondary N) is 1. The first-order valence-corrected chi connectivity index (χ1v) is 11.8. The Kier molecular flexibility index (Phi) is 7.25. The van der Waals surface area contributed by atoms with Crippen molar-refractivity contribution in [1.29, 1.82) is 0 Å². The molecule has 1 amide bonds. The first kappa shape index (κ1) is 23.1. The number of sulfonamides is 1. The number of nitrogens with zero attached hydrogens (tertiary/aromatic N) is 1. The van der Waals surface area contributed by atoms with Gasteiger partial charge in [0.05, 0.1) is 22.7 Å². The summed E-state index contributed by atoms with van der Waals surface area (Å²) in [6.07, 6.45) is 0. The maximum Gasteiger partial charge on any atom is 0.264 e. The van der Waals surface area contributed by atoms with E-state index in [1.807, 2.05) is 6.92 Å². The molecule has 0 aliphatic rings. The highest BCUT2D eigenvalue weighted by Crippen LogP contribution is 2.27. The lowest BCUT2D eigenvalue weighted by Crippen LogP contribution is -2.38. The summed E-state index contributed by atoms with van der Waals surface area (Å²) in [6.45, 7) is 1.49. The summed E-state index contributed by atoms with van der Waals surface area (Å²) in [7, 11) is -2.51. The van der Waals surface area contributed by atoms with Crippen molar-refractivity contribution in [3.63, 3.8) is 0 Å². The lowest BCUT2D eigenvalue weighted by molar-refractivity contribution is -0.114. The van der Waals surface area contributed by atoms with Crippen LogP contribution in [0.5, 0.6) is 5.75 Å². The lowest BCUT2D eigenvalue weighted by atomic mass is 10.2. The molecule has 3 aromatic rings. The van der Waals surface area contributed by atoms with Crippen molar-refractivity contribution >= 4 is 54.8 Å². The van der Waals surface area contributed by atoms with E-state index in [0.29, 0.717) is 26.6 Å². The van der Waals surface area contributed by atoms with Gasteiger partial charge in [0, 0.05) is 10.2 Å². The number of hydrogen-bond donors (Lipinski definition) is 1. The number of aryl methyl sites for hydroxylation is 1. The van der Waals surface area contributed by atoms with Crippen LogP contribution in [0.1, 0.15) is 5.56 Å². The topological polar surface area (TPSA) is 75.7 Å². The van der Waals surface area contributed by atoms with E-state index in [9.17, 15) is 13.2 Å². The van der Waals surface area contributed by atoms with Crippen molar-refractivity contribution in [2.75, 3.05) is 23.3 Å². The average molecular weight is 524 g/mol. The average Bonchev–Trinajstić information content (AvgIpc) is 2.75. The van der Waals surface area contributed by atoms with Gasteiger partial charge in [-0.05, 0) is 77.5 Å². The SMILES string of the molecule is COc1ccc(S(=O)(=O)N(CC(=O)Nc2ccc(Br)c(Cl)c2)c2ccc(C)cc2)cc1. The fourth-order valence-electron chi connectivity index (χ4n) is 2.81. The Balaban J connectivity index is 1.92. The zero-order valence-corrected chi connectivity index (χ0v) is 20.0.